The molecule has 1 saturated heterocycles. The van der Waals surface area contributed by atoms with E-state index in [4.69, 9.17) is 29.0 Å². The number of imidazole rings is 1. The standard InChI is InChI=1S/C37H42FN8O8P/c1-23(2)51-33(47)24(3)44-55(49,54-27-19-13-8-14-20-27)50-21-28-30(53-36(48)46(25-15-9-6-10-16-25)26-17-11-7-12-18-26)37(4,38)34(52-28)45-22-41-29-31(40-5)42-35(39)43-32(29)45/h6-20,22-24,28,30,34H,21H2,1-5H3,(H,44,49)(H3,39,40,42,43)/t24-,28+,30+,34+,37+,55?/m0/s1. The van der Waals surface area contributed by atoms with E-state index in [0.29, 0.717) is 17.2 Å². The summed E-state index contributed by atoms with van der Waals surface area (Å²) in [5, 5.41) is 5.50. The number of anilines is 4. The molecule has 1 amide bonds. The Morgan fingerprint density at radius 3 is 2.18 bits per heavy atom. The van der Waals surface area contributed by atoms with Gasteiger partial charge >= 0.3 is 19.8 Å². The van der Waals surface area contributed by atoms with Crippen LogP contribution in [0.15, 0.2) is 97.3 Å². The van der Waals surface area contributed by atoms with Crippen molar-refractivity contribution in [1.82, 2.24) is 24.6 Å². The number of nitrogens with zero attached hydrogens (tertiary/aromatic N) is 5. The first kappa shape index (κ1) is 39.1. The van der Waals surface area contributed by atoms with E-state index < -0.39 is 62.7 Å². The number of benzene rings is 3. The van der Waals surface area contributed by atoms with Crippen LogP contribution in [0.4, 0.5) is 32.3 Å². The van der Waals surface area contributed by atoms with Crippen LogP contribution in [-0.2, 0) is 28.1 Å². The lowest BCUT2D eigenvalue weighted by Crippen LogP contribution is -2.46. The van der Waals surface area contributed by atoms with Crippen LogP contribution in [-0.4, -0.2) is 75.3 Å². The van der Waals surface area contributed by atoms with Gasteiger partial charge in [-0.2, -0.15) is 15.1 Å². The van der Waals surface area contributed by atoms with Crippen molar-refractivity contribution in [3.8, 4) is 5.75 Å². The maximum Gasteiger partial charge on any atom is 0.459 e. The first-order valence-corrected chi connectivity index (χ1v) is 18.9. The lowest BCUT2D eigenvalue weighted by molar-refractivity contribution is -0.149. The van der Waals surface area contributed by atoms with Gasteiger partial charge in [0.25, 0.3) is 0 Å². The topological polar surface area (TPSA) is 194 Å². The Morgan fingerprint density at radius 1 is 1.00 bits per heavy atom. The summed E-state index contributed by atoms with van der Waals surface area (Å²) in [6.45, 7) is 5.32. The van der Waals surface area contributed by atoms with Gasteiger partial charge in [-0.3, -0.25) is 13.9 Å². The summed E-state index contributed by atoms with van der Waals surface area (Å²) >= 11 is 0. The minimum Gasteiger partial charge on any atom is -0.462 e. The second kappa shape index (κ2) is 16.4. The maximum atomic E-state index is 17.6. The fraction of sp³-hybridized carbons (Fsp3) is 0.324. The third-order valence-electron chi connectivity index (χ3n) is 8.48. The minimum absolute atomic E-state index is 0.114. The van der Waals surface area contributed by atoms with Gasteiger partial charge in [0.15, 0.2) is 35.0 Å². The molecule has 0 bridgehead atoms. The highest BCUT2D eigenvalue weighted by Gasteiger charge is 2.59. The number of aromatic nitrogens is 4. The largest absolute Gasteiger partial charge is 0.462 e. The van der Waals surface area contributed by atoms with Crippen LogP contribution < -0.4 is 25.6 Å². The summed E-state index contributed by atoms with van der Waals surface area (Å²) in [5.74, 6) is -0.391. The molecule has 16 nitrogen and oxygen atoms in total. The zero-order valence-corrected chi connectivity index (χ0v) is 31.6. The van der Waals surface area contributed by atoms with E-state index in [1.165, 1.54) is 29.6 Å². The van der Waals surface area contributed by atoms with Crippen molar-refractivity contribution in [2.45, 2.75) is 63.9 Å². The Balaban J connectivity index is 1.37. The number of ether oxygens (including phenoxy) is 3. The van der Waals surface area contributed by atoms with Gasteiger partial charge in [-0.05, 0) is 64.1 Å². The molecule has 1 unspecified atom stereocenters. The molecule has 6 rings (SSSR count). The molecule has 6 atom stereocenters. The van der Waals surface area contributed by atoms with Gasteiger partial charge in [0, 0.05) is 7.05 Å². The number of carbonyl (C=O) groups excluding carboxylic acids is 2. The van der Waals surface area contributed by atoms with Gasteiger partial charge < -0.3 is 29.8 Å². The number of alkyl halides is 1. The molecule has 2 aromatic heterocycles. The number of amides is 1. The number of fused-ring (bicyclic) bond motifs is 1. The third-order valence-corrected chi connectivity index (χ3v) is 10.1. The van der Waals surface area contributed by atoms with Crippen LogP contribution in [0.3, 0.4) is 0 Å². The molecule has 290 valence electrons. The molecule has 4 N–H and O–H groups in total. The van der Waals surface area contributed by atoms with Crippen molar-refractivity contribution in [3.63, 3.8) is 0 Å². The van der Waals surface area contributed by atoms with Crippen LogP contribution in [0.2, 0.25) is 0 Å². The van der Waals surface area contributed by atoms with Crippen LogP contribution in [0.1, 0.15) is 33.9 Å². The fourth-order valence-corrected chi connectivity index (χ4v) is 7.49. The van der Waals surface area contributed by atoms with E-state index in [9.17, 15) is 14.2 Å². The third kappa shape index (κ3) is 8.70. The first-order chi connectivity index (χ1) is 26.3. The van der Waals surface area contributed by atoms with Crippen LogP contribution >= 0.6 is 7.75 Å². The van der Waals surface area contributed by atoms with Crippen molar-refractivity contribution in [2.75, 3.05) is 29.6 Å². The second-order valence-electron chi connectivity index (χ2n) is 13.0. The number of esters is 1. The summed E-state index contributed by atoms with van der Waals surface area (Å²) in [4.78, 5) is 41.1. The number of nitrogens with two attached hydrogens (primary N) is 1. The quantitative estimate of drug-likeness (QED) is 0.0811. The molecule has 1 aliphatic rings. The zero-order chi connectivity index (χ0) is 39.3. The van der Waals surface area contributed by atoms with Crippen molar-refractivity contribution in [2.24, 2.45) is 0 Å². The smallest absolute Gasteiger partial charge is 0.459 e. The van der Waals surface area contributed by atoms with Crippen molar-refractivity contribution < 1.29 is 41.8 Å². The van der Waals surface area contributed by atoms with E-state index in [-0.39, 0.29) is 22.9 Å². The maximum absolute atomic E-state index is 17.6. The van der Waals surface area contributed by atoms with E-state index >= 15 is 4.39 Å². The van der Waals surface area contributed by atoms with Crippen molar-refractivity contribution in [1.29, 1.82) is 0 Å². The number of para-hydroxylation sites is 3. The molecule has 3 aromatic carbocycles. The number of nitrogens with one attached hydrogen (secondary N) is 2. The van der Waals surface area contributed by atoms with Gasteiger partial charge in [0.05, 0.1) is 30.4 Å². The molecule has 1 aliphatic heterocycles. The Bertz CT molecular complexity index is 2110. The summed E-state index contributed by atoms with van der Waals surface area (Å²) in [5.41, 5.74) is 4.77. The highest BCUT2D eigenvalue weighted by Crippen LogP contribution is 2.49. The average molecular weight is 777 g/mol. The van der Waals surface area contributed by atoms with E-state index in [1.807, 2.05) is 0 Å². The number of nitrogen functional groups attached to an aromatic ring is 1. The zero-order valence-electron chi connectivity index (χ0n) is 30.7. The van der Waals surface area contributed by atoms with Crippen molar-refractivity contribution in [3.05, 3.63) is 97.3 Å². The number of halogens is 1. The van der Waals surface area contributed by atoms with Crippen LogP contribution in [0, 0.1) is 0 Å². The van der Waals surface area contributed by atoms with Gasteiger partial charge in [-0.25, -0.2) is 23.6 Å². The average Bonchev–Trinajstić information content (AvgIpc) is 3.68. The molecule has 0 spiro atoms. The highest BCUT2D eigenvalue weighted by atomic mass is 31.2. The van der Waals surface area contributed by atoms with Gasteiger partial charge in [-0.1, -0.05) is 54.6 Å². The molecule has 5 aromatic rings. The lowest BCUT2D eigenvalue weighted by Gasteiger charge is -2.31. The predicted molar refractivity (Wildman–Crippen MR) is 202 cm³/mol. The number of hydrogen-bond donors (Lipinski definition) is 3. The lowest BCUT2D eigenvalue weighted by atomic mass is 9.98. The Kier molecular flexibility index (Phi) is 11.7. The summed E-state index contributed by atoms with van der Waals surface area (Å²) in [6, 6.07) is 24.3. The summed E-state index contributed by atoms with van der Waals surface area (Å²) in [6.07, 6.45) is -4.75. The normalized spacial score (nSPS) is 21.1. The SMILES string of the molecule is CNc1nc(N)nc2c1ncn2[C@@H]1O[C@H](COP(=O)(N[C@@H](C)C(=O)OC(C)C)Oc2ccccc2)[C@@H](OC(=O)N(c2ccccc2)c2ccccc2)[C@@]1(C)F. The number of rotatable bonds is 14. The molecular weight excluding hydrogens is 734 g/mol. The molecule has 18 heteroatoms. The van der Waals surface area contributed by atoms with Gasteiger partial charge in [0.1, 0.15) is 17.9 Å². The molecular formula is C37H42FN8O8P. The van der Waals surface area contributed by atoms with Gasteiger partial charge in [0.2, 0.25) is 5.95 Å². The monoisotopic (exact) mass is 776 g/mol. The second-order valence-corrected chi connectivity index (χ2v) is 14.7. The Hall–Kier alpha value is -5.61. The number of carbonyl (C=O) groups is 2. The predicted octanol–water partition coefficient (Wildman–Crippen LogP) is 6.55. The molecule has 3 heterocycles. The fourth-order valence-electron chi connectivity index (χ4n) is 5.99. The Labute approximate surface area is 316 Å². The molecule has 0 saturated carbocycles. The van der Waals surface area contributed by atoms with Crippen LogP contribution in [0.5, 0.6) is 5.75 Å². The van der Waals surface area contributed by atoms with E-state index in [2.05, 4.69) is 25.4 Å². The van der Waals surface area contributed by atoms with E-state index in [0.717, 1.165) is 0 Å². The van der Waals surface area contributed by atoms with E-state index in [1.54, 1.807) is 112 Å². The summed E-state index contributed by atoms with van der Waals surface area (Å²) in [7, 11) is -2.85. The highest BCUT2D eigenvalue weighted by molar-refractivity contribution is 7.52. The number of hydrogen-bond acceptors (Lipinski definition) is 13. The van der Waals surface area contributed by atoms with Gasteiger partial charge in [-0.15, -0.1) is 0 Å². The van der Waals surface area contributed by atoms with Crippen molar-refractivity contribution >= 4 is 54.1 Å². The summed E-state index contributed by atoms with van der Waals surface area (Å²) < 4.78 is 62.7. The molecule has 0 aliphatic carbocycles. The first-order valence-electron chi connectivity index (χ1n) is 17.4. The van der Waals surface area contributed by atoms with Crippen LogP contribution in [0.25, 0.3) is 11.2 Å². The minimum atomic E-state index is -4.47. The molecule has 1 fully saturated rings. The molecule has 55 heavy (non-hydrogen) atoms. The Morgan fingerprint density at radius 2 is 1.60 bits per heavy atom. The molecule has 0 radical (unpaired) electrons.